The molecule has 1 heterocycles. The maximum atomic E-state index is 6.15. The Kier molecular flexibility index (Phi) is 6.46. The third-order valence-electron chi connectivity index (χ3n) is 4.93. The summed E-state index contributed by atoms with van der Waals surface area (Å²) >= 11 is 0. The molecule has 0 spiro atoms. The van der Waals surface area contributed by atoms with E-state index in [1.165, 1.54) is 11.1 Å². The third kappa shape index (κ3) is 4.47. The predicted molar refractivity (Wildman–Crippen MR) is 98.6 cm³/mol. The van der Waals surface area contributed by atoms with Crippen molar-refractivity contribution in [3.8, 4) is 0 Å². The van der Waals surface area contributed by atoms with E-state index in [4.69, 9.17) is 10.7 Å². The largest absolute Gasteiger partial charge is 0.370 e. The molecular weight excluding hydrogens is 284 g/mol. The lowest BCUT2D eigenvalue weighted by atomic mass is 9.95. The molecule has 0 radical (unpaired) electrons. The number of hydrogen-bond donors (Lipinski definition) is 1. The van der Waals surface area contributed by atoms with Crippen LogP contribution in [0.15, 0.2) is 29.3 Å². The van der Waals surface area contributed by atoms with E-state index in [0.29, 0.717) is 17.9 Å². The Morgan fingerprint density at radius 3 is 2.48 bits per heavy atom. The second kappa shape index (κ2) is 8.34. The van der Waals surface area contributed by atoms with Gasteiger partial charge < -0.3 is 10.6 Å². The third-order valence-corrected chi connectivity index (χ3v) is 4.93. The van der Waals surface area contributed by atoms with Crippen molar-refractivity contribution < 1.29 is 0 Å². The Bertz CT molecular complexity index is 520. The average molecular weight is 316 g/mol. The summed E-state index contributed by atoms with van der Waals surface area (Å²) in [4.78, 5) is 9.39. The molecule has 0 aromatic heterocycles. The van der Waals surface area contributed by atoms with Crippen molar-refractivity contribution in [2.24, 2.45) is 16.6 Å². The zero-order chi connectivity index (χ0) is 16.8. The van der Waals surface area contributed by atoms with Gasteiger partial charge in [-0.2, -0.15) is 0 Å². The first-order chi connectivity index (χ1) is 11.1. The van der Waals surface area contributed by atoms with E-state index in [0.717, 1.165) is 39.1 Å². The maximum Gasteiger partial charge on any atom is 0.191 e. The lowest BCUT2D eigenvalue weighted by Gasteiger charge is -2.37. The van der Waals surface area contributed by atoms with E-state index < -0.39 is 0 Å². The highest BCUT2D eigenvalue weighted by Crippen LogP contribution is 2.23. The zero-order valence-corrected chi connectivity index (χ0v) is 15.1. The van der Waals surface area contributed by atoms with E-state index in [1.807, 2.05) is 0 Å². The molecule has 1 aliphatic heterocycles. The van der Waals surface area contributed by atoms with Crippen LogP contribution >= 0.6 is 0 Å². The van der Waals surface area contributed by atoms with Crippen LogP contribution in [0.1, 0.15) is 38.8 Å². The second-order valence-corrected chi connectivity index (χ2v) is 6.67. The lowest BCUT2D eigenvalue weighted by molar-refractivity contribution is 0.144. The topological polar surface area (TPSA) is 44.9 Å². The smallest absolute Gasteiger partial charge is 0.191 e. The highest BCUT2D eigenvalue weighted by atomic mass is 15.3. The first-order valence-corrected chi connectivity index (χ1v) is 8.92. The molecule has 2 N–H and O–H groups in total. The second-order valence-electron chi connectivity index (χ2n) is 6.67. The Balaban J connectivity index is 2.06. The van der Waals surface area contributed by atoms with Gasteiger partial charge in [0.2, 0.25) is 0 Å². The Morgan fingerprint density at radius 1 is 1.22 bits per heavy atom. The van der Waals surface area contributed by atoms with Gasteiger partial charge in [0.1, 0.15) is 0 Å². The van der Waals surface area contributed by atoms with Crippen molar-refractivity contribution in [2.75, 3.05) is 26.2 Å². The SMILES string of the molecule is CCN(CC)C(N)=NCC(C(C)C)N1CCc2ccccc2C1. The maximum absolute atomic E-state index is 6.15. The molecule has 0 bridgehead atoms. The fourth-order valence-corrected chi connectivity index (χ4v) is 3.38. The Hall–Kier alpha value is -1.55. The molecule has 128 valence electrons. The first-order valence-electron chi connectivity index (χ1n) is 8.92. The molecule has 0 saturated carbocycles. The molecule has 0 amide bonds. The Morgan fingerprint density at radius 2 is 1.87 bits per heavy atom. The number of nitrogens with zero attached hydrogens (tertiary/aromatic N) is 3. The van der Waals surface area contributed by atoms with Crippen LogP contribution in [0.25, 0.3) is 0 Å². The monoisotopic (exact) mass is 316 g/mol. The highest BCUT2D eigenvalue weighted by Gasteiger charge is 2.25. The van der Waals surface area contributed by atoms with Crippen LogP contribution in [0, 0.1) is 5.92 Å². The number of guanidine groups is 1. The van der Waals surface area contributed by atoms with E-state index >= 15 is 0 Å². The van der Waals surface area contributed by atoms with Crippen LogP contribution in [0.3, 0.4) is 0 Å². The molecule has 1 aliphatic rings. The van der Waals surface area contributed by atoms with Crippen molar-refractivity contribution >= 4 is 5.96 Å². The fourth-order valence-electron chi connectivity index (χ4n) is 3.38. The molecule has 2 rings (SSSR count). The lowest BCUT2D eigenvalue weighted by Crippen LogP contribution is -2.45. The normalized spacial score (nSPS) is 17.2. The van der Waals surface area contributed by atoms with Crippen molar-refractivity contribution in [3.05, 3.63) is 35.4 Å². The number of fused-ring (bicyclic) bond motifs is 1. The minimum Gasteiger partial charge on any atom is -0.370 e. The van der Waals surface area contributed by atoms with Crippen LogP contribution in [-0.2, 0) is 13.0 Å². The summed E-state index contributed by atoms with van der Waals surface area (Å²) in [6.07, 6.45) is 1.13. The molecular formula is C19H32N4. The van der Waals surface area contributed by atoms with Crippen molar-refractivity contribution in [2.45, 2.75) is 46.7 Å². The van der Waals surface area contributed by atoms with Gasteiger partial charge in [0.05, 0.1) is 6.54 Å². The van der Waals surface area contributed by atoms with Crippen LogP contribution in [-0.4, -0.2) is 48.0 Å². The van der Waals surface area contributed by atoms with Crippen LogP contribution < -0.4 is 5.73 Å². The molecule has 1 aromatic rings. The first kappa shape index (κ1) is 17.8. The molecule has 4 heteroatoms. The van der Waals surface area contributed by atoms with Gasteiger partial charge >= 0.3 is 0 Å². The highest BCUT2D eigenvalue weighted by molar-refractivity contribution is 5.78. The number of aliphatic imine (C=N–C) groups is 1. The van der Waals surface area contributed by atoms with Gasteiger partial charge in [0, 0.05) is 32.2 Å². The van der Waals surface area contributed by atoms with Crippen molar-refractivity contribution in [1.29, 1.82) is 0 Å². The summed E-state index contributed by atoms with van der Waals surface area (Å²) in [5, 5.41) is 0. The number of hydrogen-bond acceptors (Lipinski definition) is 2. The predicted octanol–water partition coefficient (Wildman–Crippen LogP) is 2.73. The Labute approximate surface area is 141 Å². The summed E-state index contributed by atoms with van der Waals surface area (Å²) in [5.74, 6) is 1.24. The summed E-state index contributed by atoms with van der Waals surface area (Å²) in [7, 11) is 0. The van der Waals surface area contributed by atoms with Gasteiger partial charge in [-0.1, -0.05) is 38.1 Å². The summed E-state index contributed by atoms with van der Waals surface area (Å²) < 4.78 is 0. The van der Waals surface area contributed by atoms with E-state index in [9.17, 15) is 0 Å². The summed E-state index contributed by atoms with van der Waals surface area (Å²) in [5.41, 5.74) is 9.11. The van der Waals surface area contributed by atoms with Gasteiger partial charge in [-0.15, -0.1) is 0 Å². The van der Waals surface area contributed by atoms with Gasteiger partial charge in [-0.05, 0) is 37.3 Å². The molecule has 0 aliphatic carbocycles. The van der Waals surface area contributed by atoms with Gasteiger partial charge in [0.25, 0.3) is 0 Å². The van der Waals surface area contributed by atoms with E-state index in [2.05, 4.69) is 61.8 Å². The molecule has 1 atom stereocenters. The van der Waals surface area contributed by atoms with Gasteiger partial charge in [0.15, 0.2) is 5.96 Å². The molecule has 23 heavy (non-hydrogen) atoms. The minimum atomic E-state index is 0.442. The molecule has 0 fully saturated rings. The summed E-state index contributed by atoms with van der Waals surface area (Å²) in [6.45, 7) is 13.6. The van der Waals surface area contributed by atoms with Gasteiger partial charge in [-0.25, -0.2) is 0 Å². The number of benzene rings is 1. The minimum absolute atomic E-state index is 0.442. The standard InChI is InChI=1S/C19H32N4/c1-5-22(6-2)19(20)21-13-18(15(3)4)23-12-11-16-9-7-8-10-17(16)14-23/h7-10,15,18H,5-6,11-14H2,1-4H3,(H2,20,21). The van der Waals surface area contributed by atoms with Crippen molar-refractivity contribution in [1.82, 2.24) is 9.80 Å². The fraction of sp³-hybridized carbons (Fsp3) is 0.632. The average Bonchev–Trinajstić information content (AvgIpc) is 2.55. The van der Waals surface area contributed by atoms with E-state index in [-0.39, 0.29) is 0 Å². The van der Waals surface area contributed by atoms with Crippen molar-refractivity contribution in [3.63, 3.8) is 0 Å². The molecule has 4 nitrogen and oxygen atoms in total. The summed E-state index contributed by atoms with van der Waals surface area (Å²) in [6, 6.07) is 9.24. The number of rotatable bonds is 6. The molecule has 1 unspecified atom stereocenters. The molecule has 1 aromatic carbocycles. The quantitative estimate of drug-likeness (QED) is 0.648. The van der Waals surface area contributed by atoms with Crippen LogP contribution in [0.4, 0.5) is 0 Å². The van der Waals surface area contributed by atoms with Gasteiger partial charge in [-0.3, -0.25) is 9.89 Å². The zero-order valence-electron chi connectivity index (χ0n) is 15.1. The number of nitrogens with two attached hydrogens (primary N) is 1. The molecule has 0 saturated heterocycles. The van der Waals surface area contributed by atoms with Crippen LogP contribution in [0.2, 0.25) is 0 Å². The van der Waals surface area contributed by atoms with E-state index in [1.54, 1.807) is 0 Å². The van der Waals surface area contributed by atoms with Crippen LogP contribution in [0.5, 0.6) is 0 Å².